The van der Waals surface area contributed by atoms with Crippen molar-refractivity contribution >= 4 is 0 Å². The second-order valence-electron chi connectivity index (χ2n) is 5.25. The van der Waals surface area contributed by atoms with Gasteiger partial charge in [-0.3, -0.25) is 0 Å². The van der Waals surface area contributed by atoms with E-state index in [0.717, 1.165) is 13.1 Å². The van der Waals surface area contributed by atoms with Crippen molar-refractivity contribution in [2.45, 2.75) is 45.2 Å². The van der Waals surface area contributed by atoms with Crippen molar-refractivity contribution in [3.05, 3.63) is 18.7 Å². The molecule has 0 spiro atoms. The smallest absolute Gasteiger partial charge is 0.0946 e. The van der Waals surface area contributed by atoms with Crippen LogP contribution >= 0.6 is 0 Å². The molecule has 18 heavy (non-hydrogen) atoms. The van der Waals surface area contributed by atoms with Gasteiger partial charge in [-0.1, -0.05) is 13.3 Å². The Hall–Kier alpha value is -0.870. The first-order chi connectivity index (χ1) is 8.88. The zero-order valence-corrected chi connectivity index (χ0v) is 11.5. The zero-order chi connectivity index (χ0) is 12.6. The van der Waals surface area contributed by atoms with Gasteiger partial charge in [0.2, 0.25) is 0 Å². The van der Waals surface area contributed by atoms with E-state index in [1.165, 1.54) is 45.3 Å². The average molecular weight is 250 g/mol. The molecule has 1 N–H and O–H groups in total. The van der Waals surface area contributed by atoms with Crippen molar-refractivity contribution in [3.63, 3.8) is 0 Å². The van der Waals surface area contributed by atoms with Crippen LogP contribution < -0.4 is 5.32 Å². The Morgan fingerprint density at radius 3 is 3.06 bits per heavy atom. The minimum Gasteiger partial charge on any atom is -0.336 e. The van der Waals surface area contributed by atoms with Gasteiger partial charge in [0, 0.05) is 38.1 Å². The van der Waals surface area contributed by atoms with Gasteiger partial charge in [-0.25, -0.2) is 4.98 Å². The van der Waals surface area contributed by atoms with Gasteiger partial charge >= 0.3 is 0 Å². The molecule has 1 aliphatic heterocycles. The third-order valence-corrected chi connectivity index (χ3v) is 3.70. The van der Waals surface area contributed by atoms with Crippen molar-refractivity contribution in [3.8, 4) is 0 Å². The second-order valence-corrected chi connectivity index (χ2v) is 5.25. The average Bonchev–Trinajstić information content (AvgIpc) is 3.05. The second kappa shape index (κ2) is 7.54. The van der Waals surface area contributed by atoms with Gasteiger partial charge in [0.15, 0.2) is 0 Å². The summed E-state index contributed by atoms with van der Waals surface area (Å²) in [6.07, 6.45) is 11.1. The van der Waals surface area contributed by atoms with Gasteiger partial charge in [0.05, 0.1) is 6.33 Å². The Balaban J connectivity index is 1.75. The van der Waals surface area contributed by atoms with E-state index in [4.69, 9.17) is 0 Å². The standard InChI is InChI=1S/C14H26N4/c1-2-3-8-17(12-14-5-4-6-16-14)10-11-18-9-7-15-13-18/h7,9,13-14,16H,2-6,8,10-12H2,1H3. The van der Waals surface area contributed by atoms with Gasteiger partial charge in [0.1, 0.15) is 0 Å². The Labute approximate surface area is 110 Å². The van der Waals surface area contributed by atoms with Crippen LogP contribution in [0.25, 0.3) is 0 Å². The van der Waals surface area contributed by atoms with Gasteiger partial charge < -0.3 is 14.8 Å². The third kappa shape index (κ3) is 4.42. The molecule has 102 valence electrons. The first-order valence-electron chi connectivity index (χ1n) is 7.30. The fraction of sp³-hybridized carbons (Fsp3) is 0.786. The molecule has 4 heteroatoms. The normalized spacial score (nSPS) is 19.8. The van der Waals surface area contributed by atoms with E-state index < -0.39 is 0 Å². The lowest BCUT2D eigenvalue weighted by Crippen LogP contribution is -2.39. The largest absolute Gasteiger partial charge is 0.336 e. The van der Waals surface area contributed by atoms with E-state index in [-0.39, 0.29) is 0 Å². The molecule has 1 aliphatic rings. The van der Waals surface area contributed by atoms with Crippen LogP contribution in [0, 0.1) is 0 Å². The summed E-state index contributed by atoms with van der Waals surface area (Å²) in [6, 6.07) is 0.713. The molecule has 0 bridgehead atoms. The van der Waals surface area contributed by atoms with Crippen LogP contribution in [0.3, 0.4) is 0 Å². The number of unbranched alkanes of at least 4 members (excludes halogenated alkanes) is 1. The zero-order valence-electron chi connectivity index (χ0n) is 11.5. The highest BCUT2D eigenvalue weighted by Crippen LogP contribution is 2.08. The third-order valence-electron chi connectivity index (χ3n) is 3.70. The lowest BCUT2D eigenvalue weighted by molar-refractivity contribution is 0.236. The van der Waals surface area contributed by atoms with Crippen LogP contribution in [-0.2, 0) is 6.54 Å². The summed E-state index contributed by atoms with van der Waals surface area (Å²) in [5, 5.41) is 3.60. The molecule has 1 aromatic heterocycles. The predicted octanol–water partition coefficient (Wildman–Crippen LogP) is 1.74. The summed E-state index contributed by atoms with van der Waals surface area (Å²) in [6.45, 7) is 8.08. The number of imidazole rings is 1. The maximum absolute atomic E-state index is 4.10. The maximum atomic E-state index is 4.10. The summed E-state index contributed by atoms with van der Waals surface area (Å²) in [5.41, 5.74) is 0. The molecule has 4 nitrogen and oxygen atoms in total. The van der Waals surface area contributed by atoms with Gasteiger partial charge in [-0.2, -0.15) is 0 Å². The van der Waals surface area contributed by atoms with Gasteiger partial charge in [-0.05, 0) is 32.4 Å². The molecule has 0 amide bonds. The SMILES string of the molecule is CCCCN(CCn1ccnc1)CC1CCCN1. The molecule has 0 radical (unpaired) electrons. The Morgan fingerprint density at radius 2 is 2.39 bits per heavy atom. The molecule has 1 unspecified atom stereocenters. The number of hydrogen-bond acceptors (Lipinski definition) is 3. The van der Waals surface area contributed by atoms with Crippen LogP contribution in [0.2, 0.25) is 0 Å². The molecule has 0 saturated carbocycles. The quantitative estimate of drug-likeness (QED) is 0.763. The molecule has 1 atom stereocenters. The van der Waals surface area contributed by atoms with E-state index in [2.05, 4.69) is 26.7 Å². The Morgan fingerprint density at radius 1 is 1.44 bits per heavy atom. The Kier molecular flexibility index (Phi) is 5.68. The highest BCUT2D eigenvalue weighted by atomic mass is 15.2. The summed E-state index contributed by atoms with van der Waals surface area (Å²) in [7, 11) is 0. The summed E-state index contributed by atoms with van der Waals surface area (Å²) < 4.78 is 2.17. The predicted molar refractivity (Wildman–Crippen MR) is 74.6 cm³/mol. The van der Waals surface area contributed by atoms with Crippen molar-refractivity contribution in [2.24, 2.45) is 0 Å². The minimum absolute atomic E-state index is 0.713. The number of hydrogen-bond donors (Lipinski definition) is 1. The van der Waals surface area contributed by atoms with Crippen molar-refractivity contribution in [1.29, 1.82) is 0 Å². The van der Waals surface area contributed by atoms with E-state index in [9.17, 15) is 0 Å². The molecule has 0 aliphatic carbocycles. The van der Waals surface area contributed by atoms with Crippen LogP contribution in [0.15, 0.2) is 18.7 Å². The van der Waals surface area contributed by atoms with Crippen LogP contribution in [-0.4, -0.2) is 46.7 Å². The number of aromatic nitrogens is 2. The van der Waals surface area contributed by atoms with Crippen molar-refractivity contribution in [1.82, 2.24) is 19.8 Å². The lowest BCUT2D eigenvalue weighted by atomic mass is 10.2. The van der Waals surface area contributed by atoms with E-state index in [0.29, 0.717) is 6.04 Å². The van der Waals surface area contributed by atoms with Crippen molar-refractivity contribution in [2.75, 3.05) is 26.2 Å². The van der Waals surface area contributed by atoms with Gasteiger partial charge in [-0.15, -0.1) is 0 Å². The number of nitrogens with zero attached hydrogens (tertiary/aromatic N) is 3. The monoisotopic (exact) mass is 250 g/mol. The van der Waals surface area contributed by atoms with Gasteiger partial charge in [0.25, 0.3) is 0 Å². The molecular weight excluding hydrogens is 224 g/mol. The summed E-state index contributed by atoms with van der Waals surface area (Å²) in [5.74, 6) is 0. The van der Waals surface area contributed by atoms with E-state index >= 15 is 0 Å². The number of nitrogens with one attached hydrogen (secondary N) is 1. The molecular formula is C14H26N4. The lowest BCUT2D eigenvalue weighted by Gasteiger charge is -2.25. The Bertz CT molecular complexity index is 304. The molecule has 1 aromatic rings. The minimum atomic E-state index is 0.713. The summed E-state index contributed by atoms with van der Waals surface area (Å²) >= 11 is 0. The van der Waals surface area contributed by atoms with E-state index in [1.807, 2.05) is 18.7 Å². The first-order valence-corrected chi connectivity index (χ1v) is 7.30. The molecule has 2 rings (SSSR count). The molecule has 0 aromatic carbocycles. The fourth-order valence-corrected chi connectivity index (χ4v) is 2.58. The maximum Gasteiger partial charge on any atom is 0.0946 e. The van der Waals surface area contributed by atoms with Crippen LogP contribution in [0.4, 0.5) is 0 Å². The molecule has 2 heterocycles. The van der Waals surface area contributed by atoms with Crippen LogP contribution in [0.1, 0.15) is 32.6 Å². The van der Waals surface area contributed by atoms with E-state index in [1.54, 1.807) is 0 Å². The fourth-order valence-electron chi connectivity index (χ4n) is 2.58. The molecule has 1 fully saturated rings. The first kappa shape index (κ1) is 13.6. The topological polar surface area (TPSA) is 33.1 Å². The van der Waals surface area contributed by atoms with Crippen molar-refractivity contribution < 1.29 is 0 Å². The highest BCUT2D eigenvalue weighted by molar-refractivity contribution is 4.79. The molecule has 1 saturated heterocycles. The number of rotatable bonds is 8. The van der Waals surface area contributed by atoms with Crippen LogP contribution in [0.5, 0.6) is 0 Å². The summed E-state index contributed by atoms with van der Waals surface area (Å²) in [4.78, 5) is 6.70. The highest BCUT2D eigenvalue weighted by Gasteiger charge is 2.17.